The van der Waals surface area contributed by atoms with E-state index in [9.17, 15) is 0 Å². The van der Waals surface area contributed by atoms with Crippen molar-refractivity contribution in [2.75, 3.05) is 13.2 Å². The van der Waals surface area contributed by atoms with Gasteiger partial charge in [0, 0.05) is 11.6 Å². The van der Waals surface area contributed by atoms with Gasteiger partial charge in [-0.15, -0.1) is 0 Å². The van der Waals surface area contributed by atoms with Crippen molar-refractivity contribution in [3.8, 4) is 22.8 Å². The second kappa shape index (κ2) is 12.7. The minimum Gasteiger partial charge on any atom is -0.491 e. The number of rotatable bonds is 14. The summed E-state index contributed by atoms with van der Waals surface area (Å²) in [5, 5.41) is 0. The van der Waals surface area contributed by atoms with Crippen molar-refractivity contribution < 1.29 is 13.9 Å². The summed E-state index contributed by atoms with van der Waals surface area (Å²) in [6.07, 6.45) is 13.5. The van der Waals surface area contributed by atoms with Crippen molar-refractivity contribution in [3.63, 3.8) is 0 Å². The van der Waals surface area contributed by atoms with E-state index in [1.165, 1.54) is 38.5 Å². The Balaban J connectivity index is 1.53. The van der Waals surface area contributed by atoms with Crippen LogP contribution >= 0.6 is 0 Å². The molecule has 0 saturated carbocycles. The lowest BCUT2D eigenvalue weighted by Crippen LogP contribution is -2.11. The molecule has 0 radical (unpaired) electrons. The Morgan fingerprint density at radius 1 is 0.742 bits per heavy atom. The van der Waals surface area contributed by atoms with Crippen LogP contribution in [-0.4, -0.2) is 18.2 Å². The first-order chi connectivity index (χ1) is 15.2. The molecular weight excluding hydrogens is 389 g/mol. The van der Waals surface area contributed by atoms with E-state index in [0.717, 1.165) is 54.5 Å². The fraction of sp³-hybridized carbons (Fsp3) is 0.593. The zero-order valence-electron chi connectivity index (χ0n) is 19.4. The number of hydrogen-bond donors (Lipinski definition) is 0. The van der Waals surface area contributed by atoms with Crippen molar-refractivity contribution in [3.05, 3.63) is 41.3 Å². The Morgan fingerprint density at radius 3 is 2.19 bits per heavy atom. The molecule has 1 aliphatic rings. The maximum Gasteiger partial charge on any atom is 0.213 e. The SMILES string of the molecule is CCCCCCCCCCOc1ccc2c(c1F)CCc1nc(OCCCC)ccc1-2. The molecule has 0 atom stereocenters. The number of ether oxygens (including phenoxy) is 2. The second-order valence-electron chi connectivity index (χ2n) is 8.57. The first-order valence-electron chi connectivity index (χ1n) is 12.3. The third kappa shape index (κ3) is 6.69. The summed E-state index contributed by atoms with van der Waals surface area (Å²) in [7, 11) is 0. The molecule has 0 bridgehead atoms. The standard InChI is InChI=1S/C27H38FNO2/c1-3-5-7-8-9-10-11-12-20-30-25-17-14-21-22-15-18-26(31-19-6-4-2)29-24(22)16-13-23(21)27(25)28/h14-15,17-18H,3-13,16,19-20H2,1-2H3. The van der Waals surface area contributed by atoms with Gasteiger partial charge in [-0.2, -0.15) is 0 Å². The number of benzene rings is 1. The molecule has 3 nitrogen and oxygen atoms in total. The maximum atomic E-state index is 15.1. The molecule has 1 heterocycles. The van der Waals surface area contributed by atoms with E-state index in [1.54, 1.807) is 6.07 Å². The monoisotopic (exact) mass is 427 g/mol. The van der Waals surface area contributed by atoms with Gasteiger partial charge < -0.3 is 9.47 Å². The van der Waals surface area contributed by atoms with Crippen LogP contribution in [0.4, 0.5) is 4.39 Å². The van der Waals surface area contributed by atoms with E-state index in [-0.39, 0.29) is 5.82 Å². The number of halogens is 1. The molecule has 4 heteroatoms. The molecule has 0 amide bonds. The van der Waals surface area contributed by atoms with Gasteiger partial charge in [0.05, 0.1) is 18.9 Å². The summed E-state index contributed by atoms with van der Waals surface area (Å²) in [5.41, 5.74) is 3.69. The van der Waals surface area contributed by atoms with Crippen LogP contribution in [0.15, 0.2) is 24.3 Å². The summed E-state index contributed by atoms with van der Waals surface area (Å²) in [5.74, 6) is 0.852. The lowest BCUT2D eigenvalue weighted by molar-refractivity contribution is 0.289. The molecule has 1 aromatic heterocycles. The van der Waals surface area contributed by atoms with Gasteiger partial charge in [-0.1, -0.05) is 71.3 Å². The van der Waals surface area contributed by atoms with E-state index in [1.807, 2.05) is 18.2 Å². The van der Waals surface area contributed by atoms with Crippen molar-refractivity contribution >= 4 is 0 Å². The Hall–Kier alpha value is -2.10. The molecule has 0 unspecified atom stereocenters. The van der Waals surface area contributed by atoms with Gasteiger partial charge >= 0.3 is 0 Å². The average molecular weight is 428 g/mol. The van der Waals surface area contributed by atoms with Gasteiger partial charge in [0.1, 0.15) is 0 Å². The molecule has 0 N–H and O–H groups in total. The van der Waals surface area contributed by atoms with Crippen LogP contribution in [0.1, 0.15) is 89.3 Å². The second-order valence-corrected chi connectivity index (χ2v) is 8.57. The normalized spacial score (nSPS) is 12.4. The molecule has 3 rings (SSSR count). The lowest BCUT2D eigenvalue weighted by Gasteiger charge is -2.21. The van der Waals surface area contributed by atoms with Crippen LogP contribution in [0, 0.1) is 5.82 Å². The number of nitrogens with zero attached hydrogens (tertiary/aromatic N) is 1. The summed E-state index contributed by atoms with van der Waals surface area (Å²) >= 11 is 0. The van der Waals surface area contributed by atoms with Crippen molar-refractivity contribution in [1.82, 2.24) is 4.98 Å². The highest BCUT2D eigenvalue weighted by Crippen LogP contribution is 2.38. The zero-order chi connectivity index (χ0) is 21.9. The highest BCUT2D eigenvalue weighted by atomic mass is 19.1. The van der Waals surface area contributed by atoms with Gasteiger partial charge in [0.15, 0.2) is 11.6 Å². The molecule has 1 aromatic carbocycles. The van der Waals surface area contributed by atoms with Crippen LogP contribution in [0.5, 0.6) is 11.6 Å². The predicted octanol–water partition coefficient (Wildman–Crippen LogP) is 7.68. The van der Waals surface area contributed by atoms with Crippen LogP contribution < -0.4 is 9.47 Å². The largest absolute Gasteiger partial charge is 0.491 e. The summed E-state index contributed by atoms with van der Waals surface area (Å²) in [4.78, 5) is 4.66. The summed E-state index contributed by atoms with van der Waals surface area (Å²) in [6, 6.07) is 7.68. The topological polar surface area (TPSA) is 31.4 Å². The predicted molar refractivity (Wildman–Crippen MR) is 126 cm³/mol. The molecule has 2 aromatic rings. The molecule has 1 aliphatic carbocycles. The van der Waals surface area contributed by atoms with E-state index in [2.05, 4.69) is 18.8 Å². The average Bonchev–Trinajstić information content (AvgIpc) is 2.79. The van der Waals surface area contributed by atoms with E-state index in [0.29, 0.717) is 31.3 Å². The van der Waals surface area contributed by atoms with Crippen LogP contribution in [-0.2, 0) is 12.8 Å². The molecule has 170 valence electrons. The number of unbranched alkanes of at least 4 members (excludes halogenated alkanes) is 8. The molecule has 31 heavy (non-hydrogen) atoms. The van der Waals surface area contributed by atoms with Gasteiger partial charge in [-0.05, 0) is 48.9 Å². The maximum absolute atomic E-state index is 15.1. The quantitative estimate of drug-likeness (QED) is 0.290. The minimum absolute atomic E-state index is 0.203. The molecule has 0 spiro atoms. The van der Waals surface area contributed by atoms with Crippen LogP contribution in [0.2, 0.25) is 0 Å². The first-order valence-corrected chi connectivity index (χ1v) is 12.3. The van der Waals surface area contributed by atoms with Crippen molar-refractivity contribution in [2.24, 2.45) is 0 Å². The van der Waals surface area contributed by atoms with Gasteiger partial charge in [0.2, 0.25) is 5.88 Å². The number of aromatic nitrogens is 1. The molecule has 0 saturated heterocycles. The third-order valence-electron chi connectivity index (χ3n) is 6.06. The zero-order valence-corrected chi connectivity index (χ0v) is 19.4. The fourth-order valence-electron chi connectivity index (χ4n) is 4.19. The highest BCUT2D eigenvalue weighted by Gasteiger charge is 2.23. The number of aryl methyl sites for hydroxylation is 1. The third-order valence-corrected chi connectivity index (χ3v) is 6.06. The number of fused-ring (bicyclic) bond motifs is 3. The van der Waals surface area contributed by atoms with E-state index < -0.39 is 0 Å². The summed E-state index contributed by atoms with van der Waals surface area (Å²) in [6.45, 7) is 5.66. The smallest absolute Gasteiger partial charge is 0.213 e. The molecule has 0 aliphatic heterocycles. The Labute approximate surface area is 187 Å². The van der Waals surface area contributed by atoms with Gasteiger partial charge in [0.25, 0.3) is 0 Å². The highest BCUT2D eigenvalue weighted by molar-refractivity contribution is 5.73. The minimum atomic E-state index is -0.203. The Kier molecular flexibility index (Phi) is 9.64. The first kappa shape index (κ1) is 23.6. The fourth-order valence-corrected chi connectivity index (χ4v) is 4.19. The Morgan fingerprint density at radius 2 is 1.42 bits per heavy atom. The van der Waals surface area contributed by atoms with Crippen LogP contribution in [0.25, 0.3) is 11.1 Å². The number of pyridine rings is 1. The van der Waals surface area contributed by atoms with E-state index in [4.69, 9.17) is 9.47 Å². The van der Waals surface area contributed by atoms with E-state index >= 15 is 4.39 Å². The molecular formula is C27H38FNO2. The lowest BCUT2D eigenvalue weighted by atomic mass is 9.88. The van der Waals surface area contributed by atoms with Crippen molar-refractivity contribution in [2.45, 2.75) is 90.9 Å². The Bertz CT molecular complexity index is 821. The number of hydrogen-bond acceptors (Lipinski definition) is 3. The van der Waals surface area contributed by atoms with Gasteiger partial charge in [-0.25, -0.2) is 9.37 Å². The van der Waals surface area contributed by atoms with Crippen molar-refractivity contribution in [1.29, 1.82) is 0 Å². The summed E-state index contributed by atoms with van der Waals surface area (Å²) < 4.78 is 26.6. The van der Waals surface area contributed by atoms with Crippen LogP contribution in [0.3, 0.4) is 0 Å². The van der Waals surface area contributed by atoms with Gasteiger partial charge in [-0.3, -0.25) is 0 Å². The molecule has 0 fully saturated rings.